The van der Waals surface area contributed by atoms with E-state index in [0.29, 0.717) is 0 Å². The maximum atomic E-state index is 12.1. The predicted octanol–water partition coefficient (Wildman–Crippen LogP) is -0.379. The van der Waals surface area contributed by atoms with Crippen molar-refractivity contribution in [1.82, 2.24) is 19.2 Å². The van der Waals surface area contributed by atoms with Gasteiger partial charge in [0.15, 0.2) is 10.8 Å². The van der Waals surface area contributed by atoms with Crippen LogP contribution in [-0.4, -0.2) is 49.0 Å². The minimum absolute atomic E-state index is 0.00273. The molecule has 0 aliphatic rings. The SMILES string of the molecule is CN(C)C(C)(C)CNS(=O)(=O)c1c(N)ncn1C. The molecule has 0 radical (unpaired) electrons. The smallest absolute Gasteiger partial charge is 0.260 e. The van der Waals surface area contributed by atoms with E-state index in [0.717, 1.165) is 0 Å². The zero-order valence-electron chi connectivity index (χ0n) is 11.4. The Bertz CT molecular complexity index is 499. The Hall–Kier alpha value is -1.12. The number of aromatic nitrogens is 2. The molecule has 104 valence electrons. The van der Waals surface area contributed by atoms with Gasteiger partial charge in [0.05, 0.1) is 6.33 Å². The summed E-state index contributed by atoms with van der Waals surface area (Å²) in [5.41, 5.74) is 5.27. The van der Waals surface area contributed by atoms with Gasteiger partial charge in [-0.05, 0) is 27.9 Å². The van der Waals surface area contributed by atoms with Crippen LogP contribution in [0.1, 0.15) is 13.8 Å². The van der Waals surface area contributed by atoms with E-state index in [1.54, 1.807) is 7.05 Å². The van der Waals surface area contributed by atoms with E-state index in [9.17, 15) is 8.42 Å². The van der Waals surface area contributed by atoms with Crippen molar-refractivity contribution >= 4 is 15.8 Å². The fourth-order valence-electron chi connectivity index (χ4n) is 1.26. The van der Waals surface area contributed by atoms with Crippen LogP contribution in [0.2, 0.25) is 0 Å². The van der Waals surface area contributed by atoms with Gasteiger partial charge in [0, 0.05) is 19.1 Å². The zero-order chi connectivity index (χ0) is 14.1. The number of aryl methyl sites for hydroxylation is 1. The third kappa shape index (κ3) is 3.01. The van der Waals surface area contributed by atoms with Crippen LogP contribution < -0.4 is 10.5 Å². The lowest BCUT2D eigenvalue weighted by Gasteiger charge is -2.32. The van der Waals surface area contributed by atoms with E-state index in [2.05, 4.69) is 9.71 Å². The zero-order valence-corrected chi connectivity index (χ0v) is 12.2. The monoisotopic (exact) mass is 275 g/mol. The van der Waals surface area contributed by atoms with Crippen LogP contribution in [0.3, 0.4) is 0 Å². The van der Waals surface area contributed by atoms with Crippen molar-refractivity contribution in [3.63, 3.8) is 0 Å². The summed E-state index contributed by atoms with van der Waals surface area (Å²) >= 11 is 0. The normalized spacial score (nSPS) is 13.2. The number of anilines is 1. The lowest BCUT2D eigenvalue weighted by atomic mass is 10.1. The molecule has 0 aliphatic heterocycles. The van der Waals surface area contributed by atoms with Crippen molar-refractivity contribution in [2.75, 3.05) is 26.4 Å². The second-order valence-electron chi connectivity index (χ2n) is 5.08. The molecule has 0 saturated heterocycles. The quantitative estimate of drug-likeness (QED) is 0.764. The number of hydrogen-bond donors (Lipinski definition) is 2. The summed E-state index contributed by atoms with van der Waals surface area (Å²) in [5.74, 6) is 0.00709. The highest BCUT2D eigenvalue weighted by molar-refractivity contribution is 7.89. The summed E-state index contributed by atoms with van der Waals surface area (Å²) in [4.78, 5) is 5.72. The summed E-state index contributed by atoms with van der Waals surface area (Å²) in [5, 5.41) is -0.00273. The first kappa shape index (κ1) is 14.9. The number of rotatable bonds is 5. The third-order valence-electron chi connectivity index (χ3n) is 3.07. The molecule has 0 fully saturated rings. The molecule has 1 aromatic rings. The van der Waals surface area contributed by atoms with Crippen LogP contribution in [0, 0.1) is 0 Å². The first-order valence-corrected chi connectivity index (χ1v) is 7.00. The molecule has 1 aromatic heterocycles. The highest BCUT2D eigenvalue weighted by atomic mass is 32.2. The summed E-state index contributed by atoms with van der Waals surface area (Å²) < 4.78 is 28.2. The molecule has 0 spiro atoms. The van der Waals surface area contributed by atoms with Gasteiger partial charge < -0.3 is 15.2 Å². The number of likely N-dealkylation sites (N-methyl/N-ethyl adjacent to an activating group) is 1. The number of sulfonamides is 1. The van der Waals surface area contributed by atoms with Gasteiger partial charge in [-0.1, -0.05) is 0 Å². The Balaban J connectivity index is 2.91. The summed E-state index contributed by atoms with van der Waals surface area (Å²) in [7, 11) is 1.74. The van der Waals surface area contributed by atoms with Gasteiger partial charge in [0.25, 0.3) is 10.0 Å². The highest BCUT2D eigenvalue weighted by Crippen LogP contribution is 2.16. The molecule has 0 atom stereocenters. The van der Waals surface area contributed by atoms with Gasteiger partial charge in [0.2, 0.25) is 0 Å². The average Bonchev–Trinajstić information content (AvgIpc) is 2.56. The number of nitrogens with two attached hydrogens (primary N) is 1. The van der Waals surface area contributed by atoms with Crippen LogP contribution in [-0.2, 0) is 17.1 Å². The van der Waals surface area contributed by atoms with E-state index in [-0.39, 0.29) is 22.9 Å². The van der Waals surface area contributed by atoms with Gasteiger partial charge in [-0.3, -0.25) is 0 Å². The number of nitrogens with one attached hydrogen (secondary N) is 1. The molecule has 7 nitrogen and oxygen atoms in total. The minimum atomic E-state index is -3.65. The van der Waals surface area contributed by atoms with E-state index >= 15 is 0 Å². The van der Waals surface area contributed by atoms with Crippen LogP contribution in [0.25, 0.3) is 0 Å². The van der Waals surface area contributed by atoms with Crippen molar-refractivity contribution in [2.24, 2.45) is 7.05 Å². The summed E-state index contributed by atoms with van der Waals surface area (Å²) in [6.45, 7) is 4.18. The Morgan fingerprint density at radius 2 is 2.06 bits per heavy atom. The largest absolute Gasteiger partial charge is 0.381 e. The first-order valence-electron chi connectivity index (χ1n) is 5.52. The van der Waals surface area contributed by atoms with Crippen molar-refractivity contribution in [2.45, 2.75) is 24.4 Å². The van der Waals surface area contributed by atoms with Crippen molar-refractivity contribution < 1.29 is 8.42 Å². The number of imidazole rings is 1. The van der Waals surface area contributed by atoms with Crippen molar-refractivity contribution in [3.05, 3.63) is 6.33 Å². The summed E-state index contributed by atoms with van der Waals surface area (Å²) in [6, 6.07) is 0. The second kappa shape index (κ2) is 4.87. The van der Waals surface area contributed by atoms with Crippen LogP contribution in [0.5, 0.6) is 0 Å². The summed E-state index contributed by atoms with van der Waals surface area (Å²) in [6.07, 6.45) is 1.38. The highest BCUT2D eigenvalue weighted by Gasteiger charge is 2.27. The molecule has 0 saturated carbocycles. The molecule has 0 amide bonds. The average molecular weight is 275 g/mol. The minimum Gasteiger partial charge on any atom is -0.381 e. The Labute approximate surface area is 108 Å². The topological polar surface area (TPSA) is 93.2 Å². The molecular formula is C10H21N5O2S. The van der Waals surface area contributed by atoms with Gasteiger partial charge in [0.1, 0.15) is 0 Å². The molecule has 0 bridgehead atoms. The maximum Gasteiger partial charge on any atom is 0.260 e. The van der Waals surface area contributed by atoms with Gasteiger partial charge in [-0.25, -0.2) is 18.1 Å². The molecule has 3 N–H and O–H groups in total. The fourth-order valence-corrected chi connectivity index (χ4v) is 2.70. The maximum absolute atomic E-state index is 12.1. The number of nitrogen functional groups attached to an aromatic ring is 1. The van der Waals surface area contributed by atoms with Crippen LogP contribution in [0.15, 0.2) is 11.4 Å². The molecule has 0 unspecified atom stereocenters. The van der Waals surface area contributed by atoms with E-state index in [1.807, 2.05) is 32.8 Å². The van der Waals surface area contributed by atoms with Gasteiger partial charge >= 0.3 is 0 Å². The van der Waals surface area contributed by atoms with Crippen LogP contribution in [0.4, 0.5) is 5.82 Å². The molecule has 8 heteroatoms. The fraction of sp³-hybridized carbons (Fsp3) is 0.700. The molecule has 0 aliphatic carbocycles. The van der Waals surface area contributed by atoms with Crippen molar-refractivity contribution in [3.8, 4) is 0 Å². The Morgan fingerprint density at radius 3 is 2.44 bits per heavy atom. The number of nitrogens with zero attached hydrogens (tertiary/aromatic N) is 3. The molecule has 1 rings (SSSR count). The Kier molecular flexibility index (Phi) is 4.04. The second-order valence-corrected chi connectivity index (χ2v) is 6.76. The lowest BCUT2D eigenvalue weighted by molar-refractivity contribution is 0.198. The molecule has 18 heavy (non-hydrogen) atoms. The Morgan fingerprint density at radius 1 is 1.50 bits per heavy atom. The third-order valence-corrected chi connectivity index (χ3v) is 4.60. The standard InChI is InChI=1S/C10H21N5O2S/c1-10(2,14(3)4)6-13-18(16,17)9-8(11)12-7-15(9)5/h7,13H,6,11H2,1-5H3. The van der Waals surface area contributed by atoms with E-state index in [4.69, 9.17) is 5.73 Å². The molecular weight excluding hydrogens is 254 g/mol. The van der Waals surface area contributed by atoms with Crippen LogP contribution >= 0.6 is 0 Å². The molecule has 0 aromatic carbocycles. The molecule has 1 heterocycles. The van der Waals surface area contributed by atoms with Gasteiger partial charge in [-0.15, -0.1) is 0 Å². The van der Waals surface area contributed by atoms with Gasteiger partial charge in [-0.2, -0.15) is 0 Å². The predicted molar refractivity (Wildman–Crippen MR) is 70.6 cm³/mol. The van der Waals surface area contributed by atoms with Crippen molar-refractivity contribution in [1.29, 1.82) is 0 Å². The van der Waals surface area contributed by atoms with E-state index < -0.39 is 10.0 Å². The van der Waals surface area contributed by atoms with E-state index in [1.165, 1.54) is 10.9 Å². The lowest BCUT2D eigenvalue weighted by Crippen LogP contribution is -2.48. The number of hydrogen-bond acceptors (Lipinski definition) is 5. The first-order chi connectivity index (χ1) is 8.08.